The molecular weight excluding hydrogens is 216 g/mol. The quantitative estimate of drug-likeness (QED) is 0.581. The van der Waals surface area contributed by atoms with Crippen LogP contribution >= 0.6 is 0 Å². The lowest BCUT2D eigenvalue weighted by atomic mass is 10.0. The highest BCUT2D eigenvalue weighted by Crippen LogP contribution is 2.25. The van der Waals surface area contributed by atoms with Gasteiger partial charge in [0.2, 0.25) is 0 Å². The summed E-state index contributed by atoms with van der Waals surface area (Å²) in [5.41, 5.74) is 2.18. The van der Waals surface area contributed by atoms with Crippen LogP contribution in [0.15, 0.2) is 48.5 Å². The highest BCUT2D eigenvalue weighted by atomic mass is 16.6. The standard InChI is InChI=1S/C13H8N2O2/c14-9-11-3-1-2-4-13(11)10-5-7-12(8-6-10)15(16)17/h1-8H. The van der Waals surface area contributed by atoms with E-state index < -0.39 is 4.92 Å². The first-order valence-corrected chi connectivity index (χ1v) is 4.96. The Morgan fingerprint density at radius 2 is 1.71 bits per heavy atom. The van der Waals surface area contributed by atoms with Gasteiger partial charge in [0.05, 0.1) is 16.6 Å². The molecule has 0 aliphatic rings. The summed E-state index contributed by atoms with van der Waals surface area (Å²) < 4.78 is 0. The van der Waals surface area contributed by atoms with Crippen LogP contribution in [0.4, 0.5) is 5.69 Å². The number of benzene rings is 2. The zero-order valence-corrected chi connectivity index (χ0v) is 8.83. The van der Waals surface area contributed by atoms with E-state index in [1.807, 2.05) is 12.1 Å². The Kier molecular flexibility index (Phi) is 2.84. The second-order valence-electron chi connectivity index (χ2n) is 3.46. The molecule has 0 N–H and O–H groups in total. The SMILES string of the molecule is N#Cc1ccccc1-c1ccc([N+](=O)[O-])cc1. The first-order chi connectivity index (χ1) is 8.22. The fraction of sp³-hybridized carbons (Fsp3) is 0. The van der Waals surface area contributed by atoms with Crippen molar-refractivity contribution in [3.05, 3.63) is 64.2 Å². The number of non-ortho nitro benzene ring substituents is 1. The molecule has 0 aromatic heterocycles. The van der Waals surface area contributed by atoms with Gasteiger partial charge in [0.25, 0.3) is 5.69 Å². The number of nitro benzene ring substituents is 1. The van der Waals surface area contributed by atoms with E-state index >= 15 is 0 Å². The van der Waals surface area contributed by atoms with Crippen LogP contribution in [-0.2, 0) is 0 Å². The molecule has 0 unspecified atom stereocenters. The Bertz CT molecular complexity index is 598. The van der Waals surface area contributed by atoms with Gasteiger partial charge in [-0.15, -0.1) is 0 Å². The summed E-state index contributed by atoms with van der Waals surface area (Å²) >= 11 is 0. The molecule has 0 atom stereocenters. The third-order valence-electron chi connectivity index (χ3n) is 2.44. The number of rotatable bonds is 2. The smallest absolute Gasteiger partial charge is 0.258 e. The zero-order chi connectivity index (χ0) is 12.3. The van der Waals surface area contributed by atoms with Crippen LogP contribution in [-0.4, -0.2) is 4.92 Å². The lowest BCUT2D eigenvalue weighted by Crippen LogP contribution is -1.88. The van der Waals surface area contributed by atoms with Crippen LogP contribution in [0.1, 0.15) is 5.56 Å². The predicted molar refractivity (Wildman–Crippen MR) is 63.2 cm³/mol. The maximum Gasteiger partial charge on any atom is 0.269 e. The van der Waals surface area contributed by atoms with Gasteiger partial charge in [-0.1, -0.05) is 18.2 Å². The van der Waals surface area contributed by atoms with Crippen molar-refractivity contribution in [2.45, 2.75) is 0 Å². The largest absolute Gasteiger partial charge is 0.269 e. The van der Waals surface area contributed by atoms with Gasteiger partial charge >= 0.3 is 0 Å². The van der Waals surface area contributed by atoms with Crippen molar-refractivity contribution in [2.75, 3.05) is 0 Å². The third-order valence-corrected chi connectivity index (χ3v) is 2.44. The van der Waals surface area contributed by atoms with Crippen molar-refractivity contribution in [3.8, 4) is 17.2 Å². The summed E-state index contributed by atoms with van der Waals surface area (Å²) in [6.45, 7) is 0. The Labute approximate surface area is 97.9 Å². The number of hydrogen-bond donors (Lipinski definition) is 0. The lowest BCUT2D eigenvalue weighted by molar-refractivity contribution is -0.384. The first-order valence-electron chi connectivity index (χ1n) is 4.96. The molecule has 0 amide bonds. The van der Waals surface area contributed by atoms with E-state index in [1.165, 1.54) is 12.1 Å². The van der Waals surface area contributed by atoms with E-state index in [4.69, 9.17) is 5.26 Å². The minimum Gasteiger partial charge on any atom is -0.258 e. The van der Waals surface area contributed by atoms with E-state index in [0.29, 0.717) is 5.56 Å². The first kappa shape index (κ1) is 10.8. The number of nitriles is 1. The van der Waals surface area contributed by atoms with Gasteiger partial charge in [-0.25, -0.2) is 0 Å². The van der Waals surface area contributed by atoms with Crippen LogP contribution in [0, 0.1) is 21.4 Å². The number of nitro groups is 1. The van der Waals surface area contributed by atoms with Gasteiger partial charge < -0.3 is 0 Å². The van der Waals surface area contributed by atoms with E-state index in [9.17, 15) is 10.1 Å². The molecule has 2 aromatic carbocycles. The van der Waals surface area contributed by atoms with Gasteiger partial charge in [0, 0.05) is 12.1 Å². The molecule has 2 rings (SSSR count). The molecule has 17 heavy (non-hydrogen) atoms. The maximum atomic E-state index is 10.5. The Morgan fingerprint density at radius 3 is 2.29 bits per heavy atom. The van der Waals surface area contributed by atoms with Crippen molar-refractivity contribution in [3.63, 3.8) is 0 Å². The molecule has 4 nitrogen and oxygen atoms in total. The second kappa shape index (κ2) is 4.45. The molecule has 4 heteroatoms. The molecule has 0 fully saturated rings. The Hall–Kier alpha value is -2.67. The summed E-state index contributed by atoms with van der Waals surface area (Å²) in [7, 11) is 0. The van der Waals surface area contributed by atoms with Crippen LogP contribution in [0.2, 0.25) is 0 Å². The van der Waals surface area contributed by atoms with Crippen LogP contribution in [0.25, 0.3) is 11.1 Å². The van der Waals surface area contributed by atoms with Gasteiger partial charge in [-0.3, -0.25) is 10.1 Å². The van der Waals surface area contributed by atoms with Crippen molar-refractivity contribution in [1.29, 1.82) is 5.26 Å². The number of nitrogens with zero attached hydrogens (tertiary/aromatic N) is 2. The summed E-state index contributed by atoms with van der Waals surface area (Å²) in [5, 5.41) is 19.5. The van der Waals surface area contributed by atoms with Gasteiger partial charge in [0.15, 0.2) is 0 Å². The third kappa shape index (κ3) is 2.13. The number of hydrogen-bond acceptors (Lipinski definition) is 3. The molecule has 0 radical (unpaired) electrons. The highest BCUT2D eigenvalue weighted by Gasteiger charge is 2.07. The van der Waals surface area contributed by atoms with E-state index in [-0.39, 0.29) is 5.69 Å². The van der Waals surface area contributed by atoms with Crippen molar-refractivity contribution >= 4 is 5.69 Å². The van der Waals surface area contributed by atoms with Crippen LogP contribution in [0.3, 0.4) is 0 Å². The molecule has 0 heterocycles. The Morgan fingerprint density at radius 1 is 1.06 bits per heavy atom. The molecule has 82 valence electrons. The maximum absolute atomic E-state index is 10.5. The molecule has 0 aliphatic heterocycles. The van der Waals surface area contributed by atoms with Gasteiger partial charge in [0.1, 0.15) is 0 Å². The summed E-state index contributed by atoms with van der Waals surface area (Å²) in [4.78, 5) is 10.1. The van der Waals surface area contributed by atoms with E-state index in [1.54, 1.807) is 24.3 Å². The van der Waals surface area contributed by atoms with Crippen LogP contribution < -0.4 is 0 Å². The topological polar surface area (TPSA) is 66.9 Å². The normalized spacial score (nSPS) is 9.59. The molecular formula is C13H8N2O2. The molecule has 0 aliphatic carbocycles. The molecule has 0 spiro atoms. The van der Waals surface area contributed by atoms with E-state index in [0.717, 1.165) is 11.1 Å². The highest BCUT2D eigenvalue weighted by molar-refractivity contribution is 5.71. The molecule has 0 bridgehead atoms. The van der Waals surface area contributed by atoms with Crippen LogP contribution in [0.5, 0.6) is 0 Å². The Balaban J connectivity index is 2.47. The second-order valence-corrected chi connectivity index (χ2v) is 3.46. The van der Waals surface area contributed by atoms with Gasteiger partial charge in [-0.05, 0) is 29.3 Å². The molecule has 2 aromatic rings. The summed E-state index contributed by atoms with van der Waals surface area (Å²) in [6.07, 6.45) is 0. The van der Waals surface area contributed by atoms with Gasteiger partial charge in [-0.2, -0.15) is 5.26 Å². The zero-order valence-electron chi connectivity index (χ0n) is 8.83. The predicted octanol–water partition coefficient (Wildman–Crippen LogP) is 3.13. The van der Waals surface area contributed by atoms with E-state index in [2.05, 4.69) is 6.07 Å². The fourth-order valence-electron chi connectivity index (χ4n) is 1.60. The lowest BCUT2D eigenvalue weighted by Gasteiger charge is -2.03. The average molecular weight is 224 g/mol. The minimum atomic E-state index is -0.444. The minimum absolute atomic E-state index is 0.0446. The van der Waals surface area contributed by atoms with Crippen molar-refractivity contribution in [2.24, 2.45) is 0 Å². The summed E-state index contributed by atoms with van der Waals surface area (Å²) in [5.74, 6) is 0. The monoisotopic (exact) mass is 224 g/mol. The molecule has 0 saturated carbocycles. The summed E-state index contributed by atoms with van der Waals surface area (Å²) in [6, 6.07) is 15.4. The van der Waals surface area contributed by atoms with Crippen molar-refractivity contribution in [1.82, 2.24) is 0 Å². The van der Waals surface area contributed by atoms with Crippen molar-refractivity contribution < 1.29 is 4.92 Å². The fourth-order valence-corrected chi connectivity index (χ4v) is 1.60. The average Bonchev–Trinajstić information content (AvgIpc) is 2.39. The molecule has 0 saturated heterocycles.